The number of urea groups is 1. The Bertz CT molecular complexity index is 573. The van der Waals surface area contributed by atoms with Crippen LogP contribution >= 0.6 is 0 Å². The molecule has 7 heteroatoms. The minimum atomic E-state index is 0.0222. The minimum Gasteiger partial charge on any atom is -0.492 e. The molecule has 2 heterocycles. The summed E-state index contributed by atoms with van der Waals surface area (Å²) in [7, 11) is 0. The Balaban J connectivity index is 1.29. The molecule has 2 saturated heterocycles. The van der Waals surface area contributed by atoms with Crippen LogP contribution in [0.15, 0.2) is 30.3 Å². The van der Waals surface area contributed by atoms with Gasteiger partial charge in [0, 0.05) is 32.2 Å². The first-order valence-electron chi connectivity index (χ1n) is 8.94. The van der Waals surface area contributed by atoms with Gasteiger partial charge in [0.1, 0.15) is 12.4 Å². The molecule has 25 heavy (non-hydrogen) atoms. The first-order chi connectivity index (χ1) is 12.2. The van der Waals surface area contributed by atoms with Crippen molar-refractivity contribution in [1.29, 1.82) is 0 Å². The summed E-state index contributed by atoms with van der Waals surface area (Å²) in [5, 5.41) is 5.74. The summed E-state index contributed by atoms with van der Waals surface area (Å²) in [4.78, 5) is 27.8. The molecule has 7 nitrogen and oxygen atoms in total. The van der Waals surface area contributed by atoms with Crippen LogP contribution in [0, 0.1) is 0 Å². The maximum Gasteiger partial charge on any atom is 0.317 e. The summed E-state index contributed by atoms with van der Waals surface area (Å²) in [5.74, 6) is 0.832. The molecule has 2 aliphatic heterocycles. The lowest BCUT2D eigenvalue weighted by atomic mass is 10.0. The molecule has 0 saturated carbocycles. The number of rotatable bonds is 7. The molecule has 2 N–H and O–H groups in total. The van der Waals surface area contributed by atoms with Gasteiger partial charge in [-0.1, -0.05) is 18.2 Å². The largest absolute Gasteiger partial charge is 0.492 e. The molecular weight excluding hydrogens is 320 g/mol. The van der Waals surface area contributed by atoms with Crippen molar-refractivity contribution in [3.05, 3.63) is 30.3 Å². The topological polar surface area (TPSA) is 73.9 Å². The van der Waals surface area contributed by atoms with Crippen LogP contribution in [-0.4, -0.2) is 73.7 Å². The third-order valence-electron chi connectivity index (χ3n) is 4.69. The first kappa shape index (κ1) is 17.5. The van der Waals surface area contributed by atoms with Crippen LogP contribution in [-0.2, 0) is 4.79 Å². The van der Waals surface area contributed by atoms with Crippen molar-refractivity contribution in [2.24, 2.45) is 0 Å². The minimum absolute atomic E-state index is 0.0222. The molecule has 136 valence electrons. The van der Waals surface area contributed by atoms with Gasteiger partial charge in [-0.15, -0.1) is 0 Å². The zero-order valence-electron chi connectivity index (χ0n) is 14.4. The van der Waals surface area contributed by atoms with Gasteiger partial charge in [-0.2, -0.15) is 0 Å². The fourth-order valence-corrected chi connectivity index (χ4v) is 3.36. The Kier molecular flexibility index (Phi) is 6.11. The molecule has 0 atom stereocenters. The second-order valence-corrected chi connectivity index (χ2v) is 6.44. The highest BCUT2D eigenvalue weighted by atomic mass is 16.5. The van der Waals surface area contributed by atoms with E-state index in [0.29, 0.717) is 25.7 Å². The van der Waals surface area contributed by atoms with Gasteiger partial charge in [0.15, 0.2) is 0 Å². The van der Waals surface area contributed by atoms with Gasteiger partial charge in [-0.05, 0) is 25.0 Å². The number of carbonyl (C=O) groups is 2. The summed E-state index contributed by atoms with van der Waals surface area (Å²) in [6.07, 6.45) is 1.86. The molecule has 0 aliphatic carbocycles. The second kappa shape index (κ2) is 8.71. The Hall–Kier alpha value is -2.28. The zero-order chi connectivity index (χ0) is 17.5. The molecule has 0 unspecified atom stereocenters. The summed E-state index contributed by atoms with van der Waals surface area (Å²) >= 11 is 0. The maximum absolute atomic E-state index is 12.0. The van der Waals surface area contributed by atoms with Gasteiger partial charge in [0.2, 0.25) is 5.91 Å². The van der Waals surface area contributed by atoms with E-state index in [-0.39, 0.29) is 11.9 Å². The number of nitrogens with one attached hydrogen (secondary N) is 2. The van der Waals surface area contributed by atoms with Crippen molar-refractivity contribution >= 4 is 11.9 Å². The van der Waals surface area contributed by atoms with Crippen molar-refractivity contribution in [3.8, 4) is 5.75 Å². The number of carbonyl (C=O) groups excluding carboxylic acids is 2. The van der Waals surface area contributed by atoms with Crippen LogP contribution in [0.25, 0.3) is 0 Å². The fraction of sp³-hybridized carbons (Fsp3) is 0.556. The number of hydrogen-bond donors (Lipinski definition) is 2. The maximum atomic E-state index is 12.0. The van der Waals surface area contributed by atoms with E-state index in [1.54, 1.807) is 0 Å². The molecule has 2 aliphatic rings. The average Bonchev–Trinajstić information content (AvgIpc) is 3.06. The van der Waals surface area contributed by atoms with E-state index in [9.17, 15) is 9.59 Å². The van der Waals surface area contributed by atoms with Crippen LogP contribution in [0.5, 0.6) is 5.75 Å². The predicted molar refractivity (Wildman–Crippen MR) is 94.5 cm³/mol. The molecule has 0 spiro atoms. The molecule has 0 aromatic heterocycles. The van der Waals surface area contributed by atoms with E-state index < -0.39 is 0 Å². The zero-order valence-corrected chi connectivity index (χ0v) is 14.4. The summed E-state index contributed by atoms with van der Waals surface area (Å²) in [6, 6.07) is 9.93. The van der Waals surface area contributed by atoms with Crippen molar-refractivity contribution in [3.63, 3.8) is 0 Å². The quantitative estimate of drug-likeness (QED) is 0.712. The van der Waals surface area contributed by atoms with E-state index >= 15 is 0 Å². The summed E-state index contributed by atoms with van der Waals surface area (Å²) in [5.41, 5.74) is 0. The molecule has 1 aromatic carbocycles. The monoisotopic (exact) mass is 346 g/mol. The lowest BCUT2D eigenvalue weighted by Gasteiger charge is -2.35. The number of amides is 3. The van der Waals surface area contributed by atoms with Gasteiger partial charge in [0.05, 0.1) is 13.1 Å². The number of para-hydroxylation sites is 1. The second-order valence-electron chi connectivity index (χ2n) is 6.44. The normalized spacial score (nSPS) is 18.9. The highest BCUT2D eigenvalue weighted by Gasteiger charge is 2.30. The highest BCUT2D eigenvalue weighted by molar-refractivity contribution is 5.78. The number of benzene rings is 1. The predicted octanol–water partition coefficient (Wildman–Crippen LogP) is 0.671. The Morgan fingerprint density at radius 2 is 1.96 bits per heavy atom. The molecule has 2 fully saturated rings. The Labute approximate surface area is 148 Å². The number of hydrogen-bond acceptors (Lipinski definition) is 4. The lowest BCUT2D eigenvalue weighted by molar-refractivity contribution is -0.122. The van der Waals surface area contributed by atoms with E-state index in [0.717, 1.165) is 44.8 Å². The van der Waals surface area contributed by atoms with Gasteiger partial charge < -0.3 is 20.3 Å². The molecule has 3 amide bonds. The van der Waals surface area contributed by atoms with Crippen LogP contribution in [0.1, 0.15) is 12.8 Å². The van der Waals surface area contributed by atoms with Crippen molar-refractivity contribution < 1.29 is 14.3 Å². The lowest BCUT2D eigenvalue weighted by Crippen LogP contribution is -2.48. The number of piperidine rings is 1. The van der Waals surface area contributed by atoms with Crippen LogP contribution in [0.2, 0.25) is 0 Å². The van der Waals surface area contributed by atoms with E-state index in [1.807, 2.05) is 35.2 Å². The SMILES string of the molecule is O=C(CN1CCC(N2CCNC2=O)CC1)NCCOc1ccccc1. The van der Waals surface area contributed by atoms with Gasteiger partial charge in [-0.3, -0.25) is 9.69 Å². The van der Waals surface area contributed by atoms with E-state index in [1.165, 1.54) is 0 Å². The average molecular weight is 346 g/mol. The number of likely N-dealkylation sites (tertiary alicyclic amines) is 1. The van der Waals surface area contributed by atoms with Crippen LogP contribution in [0.3, 0.4) is 0 Å². The van der Waals surface area contributed by atoms with Gasteiger partial charge in [0.25, 0.3) is 0 Å². The smallest absolute Gasteiger partial charge is 0.317 e. The van der Waals surface area contributed by atoms with Crippen LogP contribution in [0.4, 0.5) is 4.79 Å². The number of nitrogens with zero attached hydrogens (tertiary/aromatic N) is 2. The number of ether oxygens (including phenoxy) is 1. The Morgan fingerprint density at radius 3 is 2.64 bits per heavy atom. The van der Waals surface area contributed by atoms with Crippen LogP contribution < -0.4 is 15.4 Å². The fourth-order valence-electron chi connectivity index (χ4n) is 3.36. The molecule has 1 aromatic rings. The van der Waals surface area contributed by atoms with Crippen molar-refractivity contribution in [1.82, 2.24) is 20.4 Å². The summed E-state index contributed by atoms with van der Waals surface area (Å²) < 4.78 is 5.56. The van der Waals surface area contributed by atoms with Gasteiger partial charge in [-0.25, -0.2) is 4.79 Å². The highest BCUT2D eigenvalue weighted by Crippen LogP contribution is 2.18. The standard InChI is InChI=1S/C18H26N4O3/c23-17(19-9-13-25-16-4-2-1-3-5-16)14-21-10-6-15(7-11-21)22-12-8-20-18(22)24/h1-5,15H,6-14H2,(H,19,23)(H,20,24). The van der Waals surface area contributed by atoms with Crippen molar-refractivity contribution in [2.45, 2.75) is 18.9 Å². The van der Waals surface area contributed by atoms with Crippen molar-refractivity contribution in [2.75, 3.05) is 45.9 Å². The van der Waals surface area contributed by atoms with Gasteiger partial charge >= 0.3 is 6.03 Å². The molecular formula is C18H26N4O3. The molecule has 0 bridgehead atoms. The Morgan fingerprint density at radius 1 is 1.20 bits per heavy atom. The third-order valence-corrected chi connectivity index (χ3v) is 4.69. The first-order valence-corrected chi connectivity index (χ1v) is 8.94. The molecule has 3 rings (SSSR count). The van der Waals surface area contributed by atoms with E-state index in [2.05, 4.69) is 15.5 Å². The third kappa shape index (κ3) is 5.09. The summed E-state index contributed by atoms with van der Waals surface area (Å²) in [6.45, 7) is 4.60. The molecule has 0 radical (unpaired) electrons. The van der Waals surface area contributed by atoms with E-state index in [4.69, 9.17) is 4.74 Å².